The number of furan rings is 1. The van der Waals surface area contributed by atoms with Crippen molar-refractivity contribution in [2.75, 3.05) is 43.5 Å². The third kappa shape index (κ3) is 5.24. The van der Waals surface area contributed by atoms with Crippen LogP contribution in [0.5, 0.6) is 0 Å². The van der Waals surface area contributed by atoms with Crippen molar-refractivity contribution >= 4 is 29.1 Å². The predicted molar refractivity (Wildman–Crippen MR) is 125 cm³/mol. The highest BCUT2D eigenvalue weighted by molar-refractivity contribution is 6.05. The molecule has 1 aromatic heterocycles. The van der Waals surface area contributed by atoms with Gasteiger partial charge in [0.05, 0.1) is 30.1 Å². The maximum atomic E-state index is 12.7. The average molecular weight is 464 g/mol. The zero-order valence-corrected chi connectivity index (χ0v) is 18.6. The van der Waals surface area contributed by atoms with Gasteiger partial charge in [0.1, 0.15) is 4.92 Å². The van der Waals surface area contributed by atoms with Crippen LogP contribution in [0.4, 0.5) is 17.3 Å². The summed E-state index contributed by atoms with van der Waals surface area (Å²) in [6.45, 7) is 3.95. The monoisotopic (exact) mass is 464 g/mol. The normalized spacial score (nSPS) is 14.0. The molecule has 0 radical (unpaired) electrons. The largest absolute Gasteiger partial charge is 0.465 e. The average Bonchev–Trinajstić information content (AvgIpc) is 3.36. The summed E-state index contributed by atoms with van der Waals surface area (Å²) in [5.74, 6) is -1.92. The van der Waals surface area contributed by atoms with Gasteiger partial charge in [-0.25, -0.2) is 4.79 Å². The zero-order chi connectivity index (χ0) is 24.1. The number of rotatable bonds is 7. The highest BCUT2D eigenvalue weighted by atomic mass is 16.6. The summed E-state index contributed by atoms with van der Waals surface area (Å²) in [5.41, 5.74) is 2.65. The first-order valence-corrected chi connectivity index (χ1v) is 10.7. The fraction of sp³-hybridized carbons (Fsp3) is 0.250. The molecule has 176 valence electrons. The highest BCUT2D eigenvalue weighted by Gasteiger charge is 2.23. The molecule has 34 heavy (non-hydrogen) atoms. The lowest BCUT2D eigenvalue weighted by Crippen LogP contribution is -2.46. The number of hydrogen-bond donors (Lipinski definition) is 1. The molecule has 3 aromatic rings. The number of benzene rings is 2. The molecule has 10 heteroatoms. The third-order valence-electron chi connectivity index (χ3n) is 5.62. The molecule has 0 unspecified atom stereocenters. The molecular formula is C24H24N4O6. The van der Waals surface area contributed by atoms with E-state index >= 15 is 0 Å². The summed E-state index contributed by atoms with van der Waals surface area (Å²) < 4.78 is 9.81. The summed E-state index contributed by atoms with van der Waals surface area (Å²) >= 11 is 0. The summed E-state index contributed by atoms with van der Waals surface area (Å²) in [4.78, 5) is 39.4. The number of nitro groups is 1. The third-order valence-corrected chi connectivity index (χ3v) is 5.62. The minimum absolute atomic E-state index is 0.200. The number of hydrogen-bond acceptors (Lipinski definition) is 8. The second-order valence-electron chi connectivity index (χ2n) is 7.82. The first kappa shape index (κ1) is 23.0. The molecule has 1 fully saturated rings. The molecule has 1 aliphatic heterocycles. The fourth-order valence-electron chi connectivity index (χ4n) is 3.88. The molecule has 0 saturated carbocycles. The van der Waals surface area contributed by atoms with Crippen LogP contribution in [0, 0.1) is 10.1 Å². The number of nitrogens with one attached hydrogen (secondary N) is 1. The molecule has 2 heterocycles. The Balaban J connectivity index is 1.51. The lowest BCUT2D eigenvalue weighted by atomic mass is 10.1. The van der Waals surface area contributed by atoms with Crippen LogP contribution in [0.15, 0.2) is 65.1 Å². The van der Waals surface area contributed by atoms with E-state index in [4.69, 9.17) is 9.15 Å². The van der Waals surface area contributed by atoms with Gasteiger partial charge in [-0.05, 0) is 29.8 Å². The summed E-state index contributed by atoms with van der Waals surface area (Å²) in [6.07, 6.45) is 0. The number of ether oxygens (including phenoxy) is 1. The van der Waals surface area contributed by atoms with Gasteiger partial charge in [0.2, 0.25) is 0 Å². The van der Waals surface area contributed by atoms with Crippen molar-refractivity contribution in [1.29, 1.82) is 0 Å². The van der Waals surface area contributed by atoms with E-state index in [0.717, 1.165) is 44.5 Å². The number of methoxy groups -OCH3 is 1. The van der Waals surface area contributed by atoms with Crippen LogP contribution in [0.2, 0.25) is 0 Å². The first-order chi connectivity index (χ1) is 16.4. The van der Waals surface area contributed by atoms with Gasteiger partial charge in [-0.2, -0.15) is 0 Å². The maximum Gasteiger partial charge on any atom is 0.433 e. The summed E-state index contributed by atoms with van der Waals surface area (Å²) in [5, 5.41) is 13.6. The lowest BCUT2D eigenvalue weighted by molar-refractivity contribution is -0.402. The molecule has 1 amide bonds. The zero-order valence-electron chi connectivity index (χ0n) is 18.6. The summed E-state index contributed by atoms with van der Waals surface area (Å²) in [7, 11) is 1.28. The van der Waals surface area contributed by atoms with Gasteiger partial charge in [-0.1, -0.05) is 30.3 Å². The van der Waals surface area contributed by atoms with Crippen LogP contribution in [0.25, 0.3) is 0 Å². The van der Waals surface area contributed by atoms with E-state index in [1.54, 1.807) is 12.1 Å². The van der Waals surface area contributed by atoms with Gasteiger partial charge < -0.3 is 19.4 Å². The number of nitrogens with zero attached hydrogens (tertiary/aromatic N) is 3. The molecule has 2 aromatic carbocycles. The van der Waals surface area contributed by atoms with Gasteiger partial charge in [0.25, 0.3) is 5.91 Å². The quantitative estimate of drug-likeness (QED) is 0.320. The summed E-state index contributed by atoms with van der Waals surface area (Å²) in [6, 6.07) is 17.5. The Labute approximate surface area is 195 Å². The Morgan fingerprint density at radius 2 is 1.79 bits per heavy atom. The van der Waals surface area contributed by atoms with Crippen molar-refractivity contribution in [1.82, 2.24) is 4.90 Å². The molecular weight excluding hydrogens is 440 g/mol. The molecule has 10 nitrogen and oxygen atoms in total. The van der Waals surface area contributed by atoms with Crippen molar-refractivity contribution in [2.45, 2.75) is 6.54 Å². The molecule has 0 spiro atoms. The van der Waals surface area contributed by atoms with Crippen molar-refractivity contribution in [3.05, 3.63) is 87.7 Å². The van der Waals surface area contributed by atoms with E-state index in [1.807, 2.05) is 18.2 Å². The molecule has 1 saturated heterocycles. The van der Waals surface area contributed by atoms with Crippen LogP contribution in [-0.4, -0.2) is 55.0 Å². The lowest BCUT2D eigenvalue weighted by Gasteiger charge is -2.37. The maximum absolute atomic E-state index is 12.7. The van der Waals surface area contributed by atoms with Crippen LogP contribution in [0.1, 0.15) is 26.5 Å². The van der Waals surface area contributed by atoms with E-state index in [1.165, 1.54) is 24.8 Å². The van der Waals surface area contributed by atoms with Crippen molar-refractivity contribution < 1.29 is 23.7 Å². The van der Waals surface area contributed by atoms with Crippen molar-refractivity contribution in [2.24, 2.45) is 0 Å². The highest BCUT2D eigenvalue weighted by Crippen LogP contribution is 2.30. The fourth-order valence-corrected chi connectivity index (χ4v) is 3.88. The van der Waals surface area contributed by atoms with Gasteiger partial charge in [-0.15, -0.1) is 0 Å². The minimum Gasteiger partial charge on any atom is -0.465 e. The second-order valence-corrected chi connectivity index (χ2v) is 7.82. The number of carbonyl (C=O) groups excluding carboxylic acids is 2. The molecule has 0 atom stereocenters. The topological polar surface area (TPSA) is 118 Å². The number of esters is 1. The SMILES string of the molecule is COC(=O)c1ccc(N2CCN(Cc3ccccc3)CC2)c(NC(=O)c2ccc([N+](=O)[O-])o2)c1. The van der Waals surface area contributed by atoms with Gasteiger partial charge in [0.15, 0.2) is 5.76 Å². The van der Waals surface area contributed by atoms with Crippen LogP contribution in [0.3, 0.4) is 0 Å². The Morgan fingerprint density at radius 3 is 2.44 bits per heavy atom. The predicted octanol–water partition coefficient (Wildman–Crippen LogP) is 3.55. The van der Waals surface area contributed by atoms with Crippen LogP contribution in [-0.2, 0) is 11.3 Å². The second kappa shape index (κ2) is 10.2. The molecule has 4 rings (SSSR count). The van der Waals surface area contributed by atoms with Crippen molar-refractivity contribution in [3.63, 3.8) is 0 Å². The Hall–Kier alpha value is -4.18. The molecule has 0 aliphatic carbocycles. The van der Waals surface area contributed by atoms with Crippen LogP contribution >= 0.6 is 0 Å². The van der Waals surface area contributed by atoms with E-state index in [-0.39, 0.29) is 11.3 Å². The number of anilines is 2. The molecule has 1 N–H and O–H groups in total. The van der Waals surface area contributed by atoms with E-state index < -0.39 is 22.7 Å². The Kier molecular flexibility index (Phi) is 6.88. The molecule has 1 aliphatic rings. The minimum atomic E-state index is -0.713. The van der Waals surface area contributed by atoms with E-state index in [9.17, 15) is 19.7 Å². The van der Waals surface area contributed by atoms with Gasteiger partial charge >= 0.3 is 11.9 Å². The Bertz CT molecular complexity index is 1190. The number of amides is 1. The first-order valence-electron chi connectivity index (χ1n) is 10.7. The van der Waals surface area contributed by atoms with E-state index in [2.05, 4.69) is 27.2 Å². The Morgan fingerprint density at radius 1 is 1.06 bits per heavy atom. The smallest absolute Gasteiger partial charge is 0.433 e. The standard InChI is InChI=1S/C24H24N4O6/c1-33-24(30)18-7-8-20(19(15-18)25-23(29)21-9-10-22(34-21)28(31)32)27-13-11-26(12-14-27)16-17-5-3-2-4-6-17/h2-10,15H,11-14,16H2,1H3,(H,25,29). The molecule has 0 bridgehead atoms. The van der Waals surface area contributed by atoms with Crippen LogP contribution < -0.4 is 10.2 Å². The van der Waals surface area contributed by atoms with E-state index in [0.29, 0.717) is 5.69 Å². The number of piperazine rings is 1. The number of carbonyl (C=O) groups is 2. The van der Waals surface area contributed by atoms with Crippen molar-refractivity contribution in [3.8, 4) is 0 Å². The van der Waals surface area contributed by atoms with Gasteiger partial charge in [-0.3, -0.25) is 19.8 Å². The van der Waals surface area contributed by atoms with Gasteiger partial charge in [0, 0.05) is 32.7 Å².